The zero-order chi connectivity index (χ0) is 21.0. The third-order valence-corrected chi connectivity index (χ3v) is 9.26. The molecule has 3 nitrogen and oxygen atoms in total. The van der Waals surface area contributed by atoms with Gasteiger partial charge in [0.05, 0.1) is 32.4 Å². The number of hydrogen-bond acceptors (Lipinski definition) is 2. The van der Waals surface area contributed by atoms with E-state index in [4.69, 9.17) is 0 Å². The molecule has 0 spiro atoms. The average Bonchev–Trinajstić information content (AvgIpc) is 3.17. The Hall–Kier alpha value is -1.44. The largest absolute Gasteiger partial charge is 1.00 e. The summed E-state index contributed by atoms with van der Waals surface area (Å²) in [7, 11) is -0.302. The van der Waals surface area contributed by atoms with Crippen LogP contribution >= 0.6 is 15.8 Å². The van der Waals surface area contributed by atoms with Crippen molar-refractivity contribution < 1.29 is 19.8 Å². The van der Waals surface area contributed by atoms with Gasteiger partial charge in [0.15, 0.2) is 0 Å². The van der Waals surface area contributed by atoms with Gasteiger partial charge in [-0.2, -0.15) is 0 Å². The monoisotopic (exact) mass is 614 g/mol. The van der Waals surface area contributed by atoms with Gasteiger partial charge in [0, 0.05) is 27.4 Å². The maximum absolute atomic E-state index is 4.52. The molecule has 0 aliphatic carbocycles. The molecule has 157 valence electrons. The van der Waals surface area contributed by atoms with Gasteiger partial charge in [-0.05, 0) is 42.2 Å². The zero-order valence-corrected chi connectivity index (χ0v) is 23.0. The van der Waals surface area contributed by atoms with E-state index in [2.05, 4.69) is 67.6 Å². The first kappa shape index (κ1) is 24.8. The molecule has 2 aromatic heterocycles. The second-order valence-electron chi connectivity index (χ2n) is 7.70. The first-order valence-corrected chi connectivity index (χ1v) is 14.9. The quantitative estimate of drug-likeness (QED) is 0.245. The Morgan fingerprint density at radius 2 is 1.37 bits per heavy atom. The van der Waals surface area contributed by atoms with Crippen LogP contribution in [0, 0.1) is 0 Å². The van der Waals surface area contributed by atoms with E-state index in [0.717, 1.165) is 27.5 Å². The number of nitrogens with zero attached hydrogens (tertiary/aromatic N) is 3. The fourth-order valence-electron chi connectivity index (χ4n) is 2.98. The van der Waals surface area contributed by atoms with Gasteiger partial charge < -0.3 is 9.97 Å². The average molecular weight is 613 g/mol. The summed E-state index contributed by atoms with van der Waals surface area (Å²) in [6.45, 7) is 14.1. The number of rotatable bonds is 3. The molecule has 0 saturated carbocycles. The molecule has 2 heterocycles. The minimum Gasteiger partial charge on any atom is -0.434 e. The zero-order valence-electron chi connectivity index (χ0n) is 18.5. The molecule has 4 aromatic rings. The van der Waals surface area contributed by atoms with Crippen LogP contribution in [0.3, 0.4) is 0 Å². The number of para-hydroxylation sites is 2. The fourth-order valence-corrected chi connectivity index (χ4v) is 5.98. The third kappa shape index (κ3) is 6.05. The van der Waals surface area contributed by atoms with Gasteiger partial charge in [-0.25, -0.2) is 0 Å². The van der Waals surface area contributed by atoms with Crippen molar-refractivity contribution in [2.75, 3.05) is 26.7 Å². The topological polar surface area (TPSA) is 39.9 Å². The van der Waals surface area contributed by atoms with Crippen molar-refractivity contribution in [2.45, 2.75) is 13.8 Å². The molecule has 4 rings (SSSR count). The van der Waals surface area contributed by atoms with E-state index in [9.17, 15) is 0 Å². The van der Waals surface area contributed by atoms with E-state index in [1.165, 1.54) is 0 Å². The van der Waals surface area contributed by atoms with Crippen molar-refractivity contribution >= 4 is 37.6 Å². The number of fused-ring (bicyclic) bond motifs is 2. The van der Waals surface area contributed by atoms with Gasteiger partial charge in [0.2, 0.25) is 0 Å². The van der Waals surface area contributed by atoms with E-state index in [0.29, 0.717) is 5.82 Å². The summed E-state index contributed by atoms with van der Waals surface area (Å²) in [4.78, 5) is 13.5. The molecule has 6 heteroatoms. The second kappa shape index (κ2) is 11.3. The molecular weight excluding hydrogens is 582 g/mol. The van der Waals surface area contributed by atoms with Crippen LogP contribution in [-0.2, 0) is 19.8 Å². The van der Waals surface area contributed by atoms with E-state index in [1.807, 2.05) is 48.7 Å². The summed E-state index contributed by atoms with van der Waals surface area (Å²) >= 11 is 0. The Kier molecular flexibility index (Phi) is 9.31. The normalized spacial score (nSPS) is 11.9. The second-order valence-corrected chi connectivity index (χ2v) is 13.2. The summed E-state index contributed by atoms with van der Waals surface area (Å²) in [5.41, 5.74) is 2.63. The summed E-state index contributed by atoms with van der Waals surface area (Å²) in [5.74, 6) is 0.687. The molecule has 2 aromatic carbocycles. The smallest absolute Gasteiger partial charge is 0.434 e. The van der Waals surface area contributed by atoms with Crippen LogP contribution in [0.2, 0.25) is 0 Å². The molecule has 30 heavy (non-hydrogen) atoms. The van der Waals surface area contributed by atoms with Crippen molar-refractivity contribution in [3.63, 3.8) is 0 Å². The van der Waals surface area contributed by atoms with Crippen LogP contribution in [0.15, 0.2) is 71.4 Å². The van der Waals surface area contributed by atoms with Crippen LogP contribution in [0.5, 0.6) is 0 Å². The van der Waals surface area contributed by atoms with Crippen molar-refractivity contribution in [1.29, 1.82) is 0 Å². The van der Waals surface area contributed by atoms with Crippen LogP contribution < -0.4 is 4.98 Å². The SMILES string of the molecule is C/C(=C(\C)[PH+](C)C)[PH+](C)C.[Os+].c1ccc2cc(-c3nc4ccccc4[n-]3)ncc2c1. The Balaban J connectivity index is 0.000000253. The van der Waals surface area contributed by atoms with Crippen molar-refractivity contribution in [1.82, 2.24) is 15.0 Å². The van der Waals surface area contributed by atoms with Crippen molar-refractivity contribution in [3.8, 4) is 11.5 Å². The van der Waals surface area contributed by atoms with E-state index >= 15 is 0 Å². The Morgan fingerprint density at radius 3 is 1.97 bits per heavy atom. The third-order valence-electron chi connectivity index (χ3n) is 5.26. The number of aromatic nitrogens is 3. The van der Waals surface area contributed by atoms with E-state index in [-0.39, 0.29) is 35.6 Å². The molecule has 0 atom stereocenters. The predicted molar refractivity (Wildman–Crippen MR) is 134 cm³/mol. The summed E-state index contributed by atoms with van der Waals surface area (Å²) < 4.78 is 0. The van der Waals surface area contributed by atoms with Gasteiger partial charge in [0.25, 0.3) is 0 Å². The molecule has 0 aliphatic heterocycles. The summed E-state index contributed by atoms with van der Waals surface area (Å²) in [6, 6.07) is 18.1. The van der Waals surface area contributed by atoms with Crippen molar-refractivity contribution in [2.24, 2.45) is 0 Å². The maximum atomic E-state index is 4.52. The Labute approximate surface area is 195 Å². The summed E-state index contributed by atoms with van der Waals surface area (Å²) in [6.07, 6.45) is 1.87. The van der Waals surface area contributed by atoms with Gasteiger partial charge >= 0.3 is 19.8 Å². The van der Waals surface area contributed by atoms with E-state index in [1.54, 1.807) is 10.6 Å². The first-order chi connectivity index (χ1) is 13.9. The Bertz CT molecular complexity index is 1100. The van der Waals surface area contributed by atoms with Gasteiger partial charge in [-0.1, -0.05) is 48.5 Å². The molecular formula is C24H30N3OsP2+2. The molecule has 0 bridgehead atoms. The first-order valence-electron chi connectivity index (χ1n) is 9.90. The number of pyridine rings is 1. The molecule has 0 N–H and O–H groups in total. The number of benzene rings is 2. The summed E-state index contributed by atoms with van der Waals surface area (Å²) in [5, 5.41) is 5.68. The van der Waals surface area contributed by atoms with Crippen LogP contribution in [-0.4, -0.2) is 36.6 Å². The molecule has 0 saturated heterocycles. The van der Waals surface area contributed by atoms with Crippen molar-refractivity contribution in [3.05, 3.63) is 71.4 Å². The van der Waals surface area contributed by atoms with Gasteiger partial charge in [-0.15, -0.1) is 0 Å². The van der Waals surface area contributed by atoms with Gasteiger partial charge in [0.1, 0.15) is 10.6 Å². The number of imidazole rings is 1. The molecule has 0 fully saturated rings. The van der Waals surface area contributed by atoms with Crippen LogP contribution in [0.25, 0.3) is 33.3 Å². The number of hydrogen-bond donors (Lipinski definition) is 0. The minimum atomic E-state index is -0.151. The fraction of sp³-hybridized carbons (Fsp3) is 0.250. The van der Waals surface area contributed by atoms with E-state index < -0.39 is 0 Å². The molecule has 1 radical (unpaired) electrons. The standard InChI is InChI=1S/C16H10N3.C8H18P2.Os/c1-2-6-12-10-17-15(9-11(12)5-1)16-18-13-7-3-4-8-14(13)19-16;1-7(9(3)4)8(2)10(5)6;/h1-10H;1-6H3;/q-1;;+1/p+2/b;8-7-;. The molecule has 0 amide bonds. The van der Waals surface area contributed by atoms with Crippen LogP contribution in [0.1, 0.15) is 13.8 Å². The van der Waals surface area contributed by atoms with Crippen LogP contribution in [0.4, 0.5) is 0 Å². The molecule has 0 aliphatic rings. The maximum Gasteiger partial charge on any atom is 1.00 e. The Morgan fingerprint density at radius 1 is 0.800 bits per heavy atom. The minimum absolute atomic E-state index is 0. The van der Waals surface area contributed by atoms with Gasteiger partial charge in [-0.3, -0.25) is 4.98 Å². The molecule has 0 unspecified atom stereocenters. The number of allylic oxidation sites excluding steroid dienone is 2. The predicted octanol–water partition coefficient (Wildman–Crippen LogP) is 6.59.